The number of nitrogens with one attached hydrogen (secondary N) is 2. The van der Waals surface area contributed by atoms with Crippen LogP contribution < -0.4 is 15.4 Å². The van der Waals surface area contributed by atoms with Crippen LogP contribution in [0, 0.1) is 0 Å². The predicted molar refractivity (Wildman–Crippen MR) is 80.1 cm³/mol. The van der Waals surface area contributed by atoms with Gasteiger partial charge in [-0.3, -0.25) is 4.79 Å². The number of piperidine rings is 1. The van der Waals surface area contributed by atoms with Crippen molar-refractivity contribution >= 4 is 5.91 Å². The normalized spacial score (nSPS) is 22.3. The number of ether oxygens (including phenoxy) is 1. The molecule has 1 aliphatic rings. The van der Waals surface area contributed by atoms with Gasteiger partial charge in [-0.1, -0.05) is 12.1 Å². The van der Waals surface area contributed by atoms with E-state index >= 15 is 0 Å². The van der Waals surface area contributed by atoms with Crippen molar-refractivity contribution < 1.29 is 9.53 Å². The highest BCUT2D eigenvalue weighted by Gasteiger charge is 2.27. The Balaban J connectivity index is 2.04. The smallest absolute Gasteiger partial charge is 0.237 e. The molecule has 2 N–H and O–H groups in total. The number of carbonyl (C=O) groups is 1. The zero-order valence-corrected chi connectivity index (χ0v) is 12.3. The zero-order valence-electron chi connectivity index (χ0n) is 12.3. The molecule has 2 rings (SSSR count). The highest BCUT2D eigenvalue weighted by atomic mass is 16.5. The summed E-state index contributed by atoms with van der Waals surface area (Å²) in [4.78, 5) is 11.9. The average molecular weight is 276 g/mol. The van der Waals surface area contributed by atoms with Gasteiger partial charge in [0.1, 0.15) is 5.75 Å². The van der Waals surface area contributed by atoms with E-state index in [1.54, 1.807) is 0 Å². The fourth-order valence-corrected chi connectivity index (χ4v) is 2.74. The number of benzene rings is 1. The van der Waals surface area contributed by atoms with E-state index in [1.807, 2.05) is 26.0 Å². The van der Waals surface area contributed by atoms with Crippen LogP contribution in [0.4, 0.5) is 0 Å². The summed E-state index contributed by atoms with van der Waals surface area (Å²) in [6, 6.07) is 8.17. The van der Waals surface area contributed by atoms with Gasteiger partial charge in [-0.15, -0.1) is 0 Å². The number of rotatable bonds is 5. The Bertz CT molecular complexity index is 448. The SMILES string of the molecule is CCNC(=O)C1CC(c2cccc(OCC)c2)CCN1. The minimum atomic E-state index is -0.0792. The second-order valence-electron chi connectivity index (χ2n) is 5.13. The molecular formula is C16H24N2O2. The van der Waals surface area contributed by atoms with Crippen molar-refractivity contribution in [2.75, 3.05) is 19.7 Å². The van der Waals surface area contributed by atoms with Crippen LogP contribution >= 0.6 is 0 Å². The largest absolute Gasteiger partial charge is 0.494 e. The molecule has 0 bridgehead atoms. The molecule has 20 heavy (non-hydrogen) atoms. The van der Waals surface area contributed by atoms with Gasteiger partial charge in [0.05, 0.1) is 12.6 Å². The Morgan fingerprint density at radius 3 is 3.05 bits per heavy atom. The molecule has 110 valence electrons. The van der Waals surface area contributed by atoms with Crippen LogP contribution in [0.15, 0.2) is 24.3 Å². The number of likely N-dealkylation sites (N-methyl/N-ethyl adjacent to an activating group) is 1. The van der Waals surface area contributed by atoms with Gasteiger partial charge in [0.2, 0.25) is 5.91 Å². The Kier molecular flexibility index (Phi) is 5.41. The van der Waals surface area contributed by atoms with E-state index < -0.39 is 0 Å². The summed E-state index contributed by atoms with van der Waals surface area (Å²) in [6.45, 7) is 6.18. The average Bonchev–Trinajstić information content (AvgIpc) is 2.48. The van der Waals surface area contributed by atoms with Crippen LogP contribution in [0.2, 0.25) is 0 Å². The predicted octanol–water partition coefficient (Wildman–Crippen LogP) is 2.06. The summed E-state index contributed by atoms with van der Waals surface area (Å²) in [5.41, 5.74) is 1.27. The van der Waals surface area contributed by atoms with Gasteiger partial charge in [0, 0.05) is 6.54 Å². The molecule has 1 fully saturated rings. The molecule has 2 atom stereocenters. The van der Waals surface area contributed by atoms with Gasteiger partial charge >= 0.3 is 0 Å². The summed E-state index contributed by atoms with van der Waals surface area (Å²) in [6.07, 6.45) is 1.91. The van der Waals surface area contributed by atoms with Crippen molar-refractivity contribution in [3.05, 3.63) is 29.8 Å². The third kappa shape index (κ3) is 3.73. The van der Waals surface area contributed by atoms with E-state index in [9.17, 15) is 4.79 Å². The van der Waals surface area contributed by atoms with E-state index in [2.05, 4.69) is 22.8 Å². The maximum Gasteiger partial charge on any atom is 0.237 e. The quantitative estimate of drug-likeness (QED) is 0.865. The fraction of sp³-hybridized carbons (Fsp3) is 0.562. The molecule has 0 saturated carbocycles. The number of amides is 1. The van der Waals surface area contributed by atoms with Crippen molar-refractivity contribution in [3.8, 4) is 5.75 Å². The molecule has 0 aliphatic carbocycles. The zero-order chi connectivity index (χ0) is 14.4. The maximum atomic E-state index is 11.9. The van der Waals surface area contributed by atoms with Crippen molar-refractivity contribution in [2.45, 2.75) is 38.6 Å². The molecule has 1 aliphatic heterocycles. The highest BCUT2D eigenvalue weighted by Crippen LogP contribution is 2.30. The summed E-state index contributed by atoms with van der Waals surface area (Å²) in [5, 5.41) is 6.19. The topological polar surface area (TPSA) is 50.4 Å². The molecule has 4 nitrogen and oxygen atoms in total. The minimum Gasteiger partial charge on any atom is -0.494 e. The molecule has 1 heterocycles. The van der Waals surface area contributed by atoms with Crippen LogP contribution in [-0.4, -0.2) is 31.6 Å². The lowest BCUT2D eigenvalue weighted by Crippen LogP contribution is -2.48. The van der Waals surface area contributed by atoms with Gasteiger partial charge in [-0.05, 0) is 56.8 Å². The van der Waals surface area contributed by atoms with Crippen molar-refractivity contribution in [1.82, 2.24) is 10.6 Å². The van der Waals surface area contributed by atoms with Crippen molar-refractivity contribution in [3.63, 3.8) is 0 Å². The van der Waals surface area contributed by atoms with Crippen LogP contribution in [0.25, 0.3) is 0 Å². The van der Waals surface area contributed by atoms with Gasteiger partial charge in [0.15, 0.2) is 0 Å². The second-order valence-corrected chi connectivity index (χ2v) is 5.13. The number of hydrogen-bond donors (Lipinski definition) is 2. The first-order chi connectivity index (χ1) is 9.74. The third-order valence-electron chi connectivity index (χ3n) is 3.71. The lowest BCUT2D eigenvalue weighted by molar-refractivity contribution is -0.123. The Morgan fingerprint density at radius 2 is 2.30 bits per heavy atom. The van der Waals surface area contributed by atoms with Gasteiger partial charge < -0.3 is 15.4 Å². The Morgan fingerprint density at radius 1 is 1.45 bits per heavy atom. The lowest BCUT2D eigenvalue weighted by atomic mass is 9.86. The first kappa shape index (κ1) is 14.9. The van der Waals surface area contributed by atoms with Crippen LogP contribution in [0.1, 0.15) is 38.2 Å². The Hall–Kier alpha value is -1.55. The maximum absolute atomic E-state index is 11.9. The monoisotopic (exact) mass is 276 g/mol. The van der Waals surface area contributed by atoms with Gasteiger partial charge in [-0.2, -0.15) is 0 Å². The Labute approximate surface area is 120 Å². The summed E-state index contributed by atoms with van der Waals surface area (Å²) >= 11 is 0. The highest BCUT2D eigenvalue weighted by molar-refractivity contribution is 5.81. The number of hydrogen-bond acceptors (Lipinski definition) is 3. The summed E-state index contributed by atoms with van der Waals surface area (Å²) in [7, 11) is 0. The molecule has 4 heteroatoms. The lowest BCUT2D eigenvalue weighted by Gasteiger charge is -2.30. The molecule has 0 spiro atoms. The van der Waals surface area contributed by atoms with E-state index in [0.29, 0.717) is 19.1 Å². The summed E-state index contributed by atoms with van der Waals surface area (Å²) in [5.74, 6) is 1.44. The number of carbonyl (C=O) groups excluding carboxylic acids is 1. The van der Waals surface area contributed by atoms with E-state index in [4.69, 9.17) is 4.74 Å². The molecule has 0 aromatic heterocycles. The molecular weight excluding hydrogens is 252 g/mol. The molecule has 0 radical (unpaired) electrons. The van der Waals surface area contributed by atoms with Crippen LogP contribution in [0.5, 0.6) is 5.75 Å². The fourth-order valence-electron chi connectivity index (χ4n) is 2.74. The van der Waals surface area contributed by atoms with Crippen LogP contribution in [0.3, 0.4) is 0 Å². The van der Waals surface area contributed by atoms with E-state index in [1.165, 1.54) is 5.56 Å². The molecule has 1 aromatic carbocycles. The summed E-state index contributed by atoms with van der Waals surface area (Å²) < 4.78 is 5.56. The first-order valence-corrected chi connectivity index (χ1v) is 7.48. The molecule has 1 saturated heterocycles. The van der Waals surface area contributed by atoms with Gasteiger partial charge in [0.25, 0.3) is 0 Å². The van der Waals surface area contributed by atoms with Gasteiger partial charge in [-0.25, -0.2) is 0 Å². The van der Waals surface area contributed by atoms with E-state index in [0.717, 1.165) is 25.1 Å². The van der Waals surface area contributed by atoms with E-state index in [-0.39, 0.29) is 11.9 Å². The standard InChI is InChI=1S/C16H24N2O2/c1-3-17-16(19)15-11-13(8-9-18-15)12-6-5-7-14(10-12)20-4-2/h5-7,10,13,15,18H,3-4,8-9,11H2,1-2H3,(H,17,19). The molecule has 1 amide bonds. The first-order valence-electron chi connectivity index (χ1n) is 7.48. The van der Waals surface area contributed by atoms with Crippen molar-refractivity contribution in [2.24, 2.45) is 0 Å². The van der Waals surface area contributed by atoms with Crippen LogP contribution in [-0.2, 0) is 4.79 Å². The van der Waals surface area contributed by atoms with Crippen molar-refractivity contribution in [1.29, 1.82) is 0 Å². The second kappa shape index (κ2) is 7.29. The molecule has 1 aromatic rings. The third-order valence-corrected chi connectivity index (χ3v) is 3.71. The molecule has 2 unspecified atom stereocenters. The minimum absolute atomic E-state index is 0.0792.